The molecule has 1 aromatic carbocycles. The highest BCUT2D eigenvalue weighted by Crippen LogP contribution is 2.23. The number of halogens is 1. The van der Waals surface area contributed by atoms with Crippen molar-refractivity contribution in [2.45, 2.75) is 26.7 Å². The zero-order valence-corrected chi connectivity index (χ0v) is 13.1. The Morgan fingerprint density at radius 1 is 1.30 bits per heavy atom. The third-order valence-electron chi connectivity index (χ3n) is 3.70. The Bertz CT molecular complexity index is 589. The number of aryl methyl sites for hydroxylation is 3. The van der Waals surface area contributed by atoms with Gasteiger partial charge in [-0.15, -0.1) is 0 Å². The summed E-state index contributed by atoms with van der Waals surface area (Å²) in [6, 6.07) is 8.59. The molecule has 108 valence electrons. The molecular weight excluding hydrogens is 270 g/mol. The van der Waals surface area contributed by atoms with Crippen LogP contribution in [0.25, 0.3) is 0 Å². The quantitative estimate of drug-likeness (QED) is 0.920. The number of rotatable bonds is 5. The van der Waals surface area contributed by atoms with Gasteiger partial charge in [0.25, 0.3) is 0 Å². The lowest BCUT2D eigenvalue weighted by Crippen LogP contribution is -2.19. The van der Waals surface area contributed by atoms with Gasteiger partial charge in [0, 0.05) is 12.6 Å². The molecule has 0 spiro atoms. The minimum Gasteiger partial charge on any atom is -0.330 e. The summed E-state index contributed by atoms with van der Waals surface area (Å²) in [7, 11) is 1.87. The fraction of sp³-hybridized carbons (Fsp3) is 0.438. The average Bonchev–Trinajstić information content (AvgIpc) is 2.64. The Morgan fingerprint density at radius 2 is 2.05 bits per heavy atom. The lowest BCUT2D eigenvalue weighted by atomic mass is 9.92. The van der Waals surface area contributed by atoms with Crippen LogP contribution in [0.15, 0.2) is 24.3 Å². The lowest BCUT2D eigenvalue weighted by Gasteiger charge is -2.15. The smallest absolute Gasteiger partial charge is 0.130 e. The predicted octanol–water partition coefficient (Wildman–Crippen LogP) is 3.05. The van der Waals surface area contributed by atoms with Crippen LogP contribution < -0.4 is 5.73 Å². The molecule has 0 saturated heterocycles. The van der Waals surface area contributed by atoms with Crippen LogP contribution in [-0.2, 0) is 19.9 Å². The van der Waals surface area contributed by atoms with Crippen molar-refractivity contribution in [3.63, 3.8) is 0 Å². The van der Waals surface area contributed by atoms with Crippen LogP contribution in [0.4, 0.5) is 0 Å². The number of nitrogens with zero attached hydrogens (tertiary/aromatic N) is 2. The molecule has 0 fully saturated rings. The number of hydrogen-bond donors (Lipinski definition) is 1. The number of hydrogen-bond acceptors (Lipinski definition) is 2. The van der Waals surface area contributed by atoms with Gasteiger partial charge in [-0.05, 0) is 44.7 Å². The van der Waals surface area contributed by atoms with Crippen LogP contribution in [-0.4, -0.2) is 16.3 Å². The van der Waals surface area contributed by atoms with Crippen LogP contribution in [0, 0.1) is 19.8 Å². The Hall–Kier alpha value is -1.32. The molecule has 3 nitrogen and oxygen atoms in total. The Morgan fingerprint density at radius 3 is 2.60 bits per heavy atom. The molecule has 4 heteroatoms. The molecule has 0 amide bonds. The molecule has 2 N–H and O–H groups in total. The van der Waals surface area contributed by atoms with Gasteiger partial charge in [0.05, 0.1) is 5.69 Å². The van der Waals surface area contributed by atoms with E-state index in [1.54, 1.807) is 4.68 Å². The van der Waals surface area contributed by atoms with Gasteiger partial charge in [-0.3, -0.25) is 4.68 Å². The van der Waals surface area contributed by atoms with E-state index in [-0.39, 0.29) is 0 Å². The summed E-state index contributed by atoms with van der Waals surface area (Å²) in [6.07, 6.45) is 1.85. The van der Waals surface area contributed by atoms with Gasteiger partial charge in [0.15, 0.2) is 0 Å². The zero-order chi connectivity index (χ0) is 14.7. The molecule has 1 unspecified atom stereocenters. The maximum atomic E-state index is 6.30. The molecular formula is C16H22ClN3. The minimum absolute atomic E-state index is 0.386. The molecule has 2 rings (SSSR count). The van der Waals surface area contributed by atoms with E-state index in [1.165, 1.54) is 11.1 Å². The predicted molar refractivity (Wildman–Crippen MR) is 84.1 cm³/mol. The molecule has 0 bridgehead atoms. The summed E-state index contributed by atoms with van der Waals surface area (Å²) < 4.78 is 1.73. The van der Waals surface area contributed by atoms with Crippen molar-refractivity contribution in [1.82, 2.24) is 9.78 Å². The molecule has 0 saturated carbocycles. The molecule has 0 aliphatic carbocycles. The van der Waals surface area contributed by atoms with Gasteiger partial charge in [-0.25, -0.2) is 0 Å². The number of nitrogens with two attached hydrogens (primary N) is 1. The van der Waals surface area contributed by atoms with E-state index in [4.69, 9.17) is 17.3 Å². The van der Waals surface area contributed by atoms with E-state index in [2.05, 4.69) is 36.3 Å². The average molecular weight is 292 g/mol. The minimum atomic E-state index is 0.386. The second-order valence-corrected chi connectivity index (χ2v) is 5.84. The summed E-state index contributed by atoms with van der Waals surface area (Å²) in [4.78, 5) is 0. The van der Waals surface area contributed by atoms with Crippen molar-refractivity contribution in [2.75, 3.05) is 6.54 Å². The van der Waals surface area contributed by atoms with Gasteiger partial charge in [0.1, 0.15) is 5.15 Å². The van der Waals surface area contributed by atoms with Gasteiger partial charge < -0.3 is 5.73 Å². The summed E-state index contributed by atoms with van der Waals surface area (Å²) in [5.74, 6) is 0.386. The zero-order valence-electron chi connectivity index (χ0n) is 12.4. The van der Waals surface area contributed by atoms with E-state index < -0.39 is 0 Å². The SMILES string of the molecule is Cc1cccc(CC(CN)Cc2c(C)nn(C)c2Cl)c1. The second-order valence-electron chi connectivity index (χ2n) is 5.48. The monoisotopic (exact) mass is 291 g/mol. The van der Waals surface area contributed by atoms with Crippen molar-refractivity contribution < 1.29 is 0 Å². The van der Waals surface area contributed by atoms with Crippen LogP contribution in [0.2, 0.25) is 5.15 Å². The molecule has 0 aliphatic rings. The number of aromatic nitrogens is 2. The fourth-order valence-corrected chi connectivity index (χ4v) is 2.86. The maximum Gasteiger partial charge on any atom is 0.130 e. The topological polar surface area (TPSA) is 43.8 Å². The first-order chi connectivity index (χ1) is 9.51. The summed E-state index contributed by atoms with van der Waals surface area (Å²) >= 11 is 6.30. The van der Waals surface area contributed by atoms with Crippen LogP contribution >= 0.6 is 11.6 Å². The highest BCUT2D eigenvalue weighted by molar-refractivity contribution is 6.30. The first kappa shape index (κ1) is 15.1. The van der Waals surface area contributed by atoms with Gasteiger partial charge in [-0.2, -0.15) is 5.10 Å². The van der Waals surface area contributed by atoms with E-state index in [9.17, 15) is 0 Å². The van der Waals surface area contributed by atoms with Crippen molar-refractivity contribution in [3.05, 3.63) is 51.8 Å². The third-order valence-corrected chi connectivity index (χ3v) is 4.18. The Kier molecular flexibility index (Phi) is 4.84. The van der Waals surface area contributed by atoms with Crippen molar-refractivity contribution in [1.29, 1.82) is 0 Å². The molecule has 0 radical (unpaired) electrons. The lowest BCUT2D eigenvalue weighted by molar-refractivity contribution is 0.532. The van der Waals surface area contributed by atoms with E-state index >= 15 is 0 Å². The Balaban J connectivity index is 2.13. The molecule has 1 atom stereocenters. The fourth-order valence-electron chi connectivity index (χ4n) is 2.61. The largest absolute Gasteiger partial charge is 0.330 e. The highest BCUT2D eigenvalue weighted by atomic mass is 35.5. The Labute approximate surface area is 125 Å². The third kappa shape index (κ3) is 3.41. The van der Waals surface area contributed by atoms with Crippen molar-refractivity contribution >= 4 is 11.6 Å². The van der Waals surface area contributed by atoms with Crippen molar-refractivity contribution in [3.8, 4) is 0 Å². The van der Waals surface area contributed by atoms with Gasteiger partial charge in [0.2, 0.25) is 0 Å². The summed E-state index contributed by atoms with van der Waals surface area (Å²) in [6.45, 7) is 4.77. The molecule has 2 aromatic rings. The van der Waals surface area contributed by atoms with Gasteiger partial charge >= 0.3 is 0 Å². The molecule has 1 heterocycles. The number of benzene rings is 1. The standard InChI is InChI=1S/C16H22ClN3/c1-11-5-4-6-13(7-11)8-14(10-18)9-15-12(2)19-20(3)16(15)17/h4-7,14H,8-10,18H2,1-3H3. The molecule has 1 aromatic heterocycles. The first-order valence-corrected chi connectivity index (χ1v) is 7.32. The van der Waals surface area contributed by atoms with Crippen LogP contribution in [0.5, 0.6) is 0 Å². The van der Waals surface area contributed by atoms with Gasteiger partial charge in [-0.1, -0.05) is 41.4 Å². The van der Waals surface area contributed by atoms with E-state index in [0.29, 0.717) is 12.5 Å². The highest BCUT2D eigenvalue weighted by Gasteiger charge is 2.16. The maximum absolute atomic E-state index is 6.30. The van der Waals surface area contributed by atoms with E-state index in [0.717, 1.165) is 29.3 Å². The first-order valence-electron chi connectivity index (χ1n) is 6.94. The second kappa shape index (κ2) is 6.42. The van der Waals surface area contributed by atoms with Crippen LogP contribution in [0.3, 0.4) is 0 Å². The summed E-state index contributed by atoms with van der Waals surface area (Å²) in [5, 5.41) is 5.09. The van der Waals surface area contributed by atoms with Crippen molar-refractivity contribution in [2.24, 2.45) is 18.7 Å². The normalized spacial score (nSPS) is 12.7. The molecule has 20 heavy (non-hydrogen) atoms. The summed E-state index contributed by atoms with van der Waals surface area (Å²) in [5.41, 5.74) is 10.7. The van der Waals surface area contributed by atoms with Crippen LogP contribution in [0.1, 0.15) is 22.4 Å². The van der Waals surface area contributed by atoms with E-state index in [1.807, 2.05) is 14.0 Å². The molecule has 0 aliphatic heterocycles.